The van der Waals surface area contributed by atoms with Crippen molar-refractivity contribution in [2.24, 2.45) is 5.92 Å². The lowest BCUT2D eigenvalue weighted by molar-refractivity contribution is -0.121. The first-order valence-electron chi connectivity index (χ1n) is 11.9. The van der Waals surface area contributed by atoms with E-state index in [0.29, 0.717) is 45.0 Å². The number of amides is 3. The summed E-state index contributed by atoms with van der Waals surface area (Å²) in [4.78, 5) is 42.1. The second kappa shape index (κ2) is 11.6. The van der Waals surface area contributed by atoms with E-state index >= 15 is 0 Å². The minimum atomic E-state index is -0.241. The highest BCUT2D eigenvalue weighted by molar-refractivity contribution is 5.98. The molecule has 0 atom stereocenters. The lowest BCUT2D eigenvalue weighted by atomic mass is 10.2. The van der Waals surface area contributed by atoms with Gasteiger partial charge in [0.25, 0.3) is 11.8 Å². The predicted octanol–water partition coefficient (Wildman–Crippen LogP) is 2.94. The number of fused-ring (bicyclic) bond motifs is 1. The Morgan fingerprint density at radius 2 is 1.94 bits per heavy atom. The summed E-state index contributed by atoms with van der Waals surface area (Å²) in [6.45, 7) is 9.30. The molecule has 0 saturated carbocycles. The molecular weight excluding hydrogens is 418 g/mol. The van der Waals surface area contributed by atoms with Gasteiger partial charge in [-0.3, -0.25) is 19.1 Å². The van der Waals surface area contributed by atoms with Crippen LogP contribution < -0.4 is 5.32 Å². The summed E-state index contributed by atoms with van der Waals surface area (Å²) < 4.78 is 1.65. The molecule has 3 amide bonds. The predicted molar refractivity (Wildman–Crippen MR) is 127 cm³/mol. The fraction of sp³-hybridized carbons (Fsp3) is 0.520. The monoisotopic (exact) mass is 453 g/mol. The molecule has 2 heterocycles. The molecule has 8 heteroatoms. The van der Waals surface area contributed by atoms with Crippen LogP contribution in [0.5, 0.6) is 0 Å². The molecule has 0 spiro atoms. The molecule has 0 unspecified atom stereocenters. The van der Waals surface area contributed by atoms with E-state index in [4.69, 9.17) is 0 Å². The lowest BCUT2D eigenvalue weighted by Crippen LogP contribution is -2.38. The topological polar surface area (TPSA) is 87.5 Å². The van der Waals surface area contributed by atoms with Crippen molar-refractivity contribution in [2.75, 3.05) is 26.2 Å². The van der Waals surface area contributed by atoms with Crippen LogP contribution in [0.3, 0.4) is 0 Å². The normalized spacial score (nSPS) is 13.6. The maximum Gasteiger partial charge on any atom is 0.274 e. The molecule has 1 aliphatic rings. The van der Waals surface area contributed by atoms with Gasteiger partial charge >= 0.3 is 0 Å². The molecule has 8 nitrogen and oxygen atoms in total. The molecule has 33 heavy (non-hydrogen) atoms. The van der Waals surface area contributed by atoms with Crippen molar-refractivity contribution in [3.8, 4) is 0 Å². The summed E-state index contributed by atoms with van der Waals surface area (Å²) in [6.07, 6.45) is 1.89. The van der Waals surface area contributed by atoms with Crippen molar-refractivity contribution >= 4 is 17.7 Å². The van der Waals surface area contributed by atoms with Gasteiger partial charge in [0.15, 0.2) is 5.69 Å². The number of aryl methyl sites for hydroxylation is 1. The number of hydrogen-bond donors (Lipinski definition) is 1. The zero-order valence-corrected chi connectivity index (χ0v) is 19.9. The number of benzene rings is 1. The standard InChI is InChI=1S/C25H35N5O3/c1-4-12-26-23(31)11-15-29(17-19(2)3)24(32)21-16-22-25(33)28(13-8-14-30(22)27-21)18-20-9-6-5-7-10-20/h5-7,9-10,16,19H,4,8,11-15,17-18H2,1-3H3,(H,26,31). The molecule has 0 radical (unpaired) electrons. The second-order valence-electron chi connectivity index (χ2n) is 8.95. The summed E-state index contributed by atoms with van der Waals surface area (Å²) in [6, 6.07) is 11.5. The molecule has 0 saturated heterocycles. The number of carbonyl (C=O) groups is 3. The summed E-state index contributed by atoms with van der Waals surface area (Å²) in [5.74, 6) is -0.172. The Morgan fingerprint density at radius 1 is 1.18 bits per heavy atom. The molecule has 2 aromatic rings. The van der Waals surface area contributed by atoms with Crippen LogP contribution in [0.1, 0.15) is 66.6 Å². The van der Waals surface area contributed by atoms with E-state index in [2.05, 4.69) is 10.4 Å². The highest BCUT2D eigenvalue weighted by Crippen LogP contribution is 2.18. The first-order chi connectivity index (χ1) is 15.9. The molecule has 1 N–H and O–H groups in total. The Bertz CT molecular complexity index is 954. The molecule has 3 rings (SSSR count). The largest absolute Gasteiger partial charge is 0.356 e. The lowest BCUT2D eigenvalue weighted by Gasteiger charge is -2.23. The second-order valence-corrected chi connectivity index (χ2v) is 8.95. The molecule has 0 fully saturated rings. The van der Waals surface area contributed by atoms with E-state index in [9.17, 15) is 14.4 Å². The van der Waals surface area contributed by atoms with Crippen LogP contribution in [-0.2, 0) is 17.9 Å². The Kier molecular flexibility index (Phi) is 8.63. The third kappa shape index (κ3) is 6.66. The van der Waals surface area contributed by atoms with Gasteiger partial charge in [0.1, 0.15) is 5.69 Å². The zero-order chi connectivity index (χ0) is 23.8. The van der Waals surface area contributed by atoms with E-state index in [0.717, 1.165) is 18.4 Å². The Labute approximate surface area is 195 Å². The van der Waals surface area contributed by atoms with Gasteiger partial charge in [-0.1, -0.05) is 51.1 Å². The SMILES string of the molecule is CCCNC(=O)CCN(CC(C)C)C(=O)c1cc2n(n1)CCCN(Cc1ccccc1)C2=O. The van der Waals surface area contributed by atoms with Crippen LogP contribution in [-0.4, -0.2) is 63.5 Å². The van der Waals surface area contributed by atoms with E-state index < -0.39 is 0 Å². The van der Waals surface area contributed by atoms with Crippen LogP contribution >= 0.6 is 0 Å². The van der Waals surface area contributed by atoms with Crippen molar-refractivity contribution in [3.63, 3.8) is 0 Å². The summed E-state index contributed by atoms with van der Waals surface area (Å²) >= 11 is 0. The van der Waals surface area contributed by atoms with Crippen LogP contribution in [0.2, 0.25) is 0 Å². The average Bonchev–Trinajstić information content (AvgIpc) is 3.17. The van der Waals surface area contributed by atoms with Gasteiger partial charge < -0.3 is 15.1 Å². The number of hydrogen-bond acceptors (Lipinski definition) is 4. The van der Waals surface area contributed by atoms with E-state index in [1.165, 1.54) is 0 Å². The minimum Gasteiger partial charge on any atom is -0.356 e. The van der Waals surface area contributed by atoms with Crippen LogP contribution in [0, 0.1) is 5.92 Å². The maximum atomic E-state index is 13.3. The van der Waals surface area contributed by atoms with Crippen molar-refractivity contribution in [2.45, 2.75) is 53.1 Å². The number of aromatic nitrogens is 2. The molecule has 0 bridgehead atoms. The first-order valence-corrected chi connectivity index (χ1v) is 11.9. The first kappa shape index (κ1) is 24.5. The van der Waals surface area contributed by atoms with Crippen molar-refractivity contribution in [1.29, 1.82) is 0 Å². The van der Waals surface area contributed by atoms with Gasteiger partial charge in [-0.15, -0.1) is 0 Å². The Morgan fingerprint density at radius 3 is 2.64 bits per heavy atom. The molecule has 0 aliphatic carbocycles. The van der Waals surface area contributed by atoms with Crippen molar-refractivity contribution in [1.82, 2.24) is 24.9 Å². The van der Waals surface area contributed by atoms with Gasteiger partial charge in [-0.05, 0) is 24.3 Å². The quantitative estimate of drug-likeness (QED) is 0.599. The highest BCUT2D eigenvalue weighted by Gasteiger charge is 2.28. The van der Waals surface area contributed by atoms with Crippen LogP contribution in [0.15, 0.2) is 36.4 Å². The molecule has 1 aromatic carbocycles. The molecule has 178 valence electrons. The fourth-order valence-corrected chi connectivity index (χ4v) is 3.96. The average molecular weight is 454 g/mol. The minimum absolute atomic E-state index is 0.0641. The van der Waals surface area contributed by atoms with Gasteiger partial charge in [0.2, 0.25) is 5.91 Å². The number of nitrogens with one attached hydrogen (secondary N) is 1. The van der Waals surface area contributed by atoms with Gasteiger partial charge in [-0.25, -0.2) is 0 Å². The van der Waals surface area contributed by atoms with E-state index in [1.54, 1.807) is 15.6 Å². The fourth-order valence-electron chi connectivity index (χ4n) is 3.96. The molecule has 1 aromatic heterocycles. The number of rotatable bonds is 10. The third-order valence-corrected chi connectivity index (χ3v) is 5.57. The summed E-state index contributed by atoms with van der Waals surface area (Å²) in [5, 5.41) is 7.34. The number of nitrogens with zero attached hydrogens (tertiary/aromatic N) is 4. The Hall–Kier alpha value is -3.16. The van der Waals surface area contributed by atoms with E-state index in [1.807, 2.05) is 56.0 Å². The van der Waals surface area contributed by atoms with Crippen molar-refractivity contribution in [3.05, 3.63) is 53.3 Å². The third-order valence-electron chi connectivity index (χ3n) is 5.57. The summed E-state index contributed by atoms with van der Waals surface area (Å²) in [7, 11) is 0. The van der Waals surface area contributed by atoms with Gasteiger partial charge in [-0.2, -0.15) is 5.10 Å². The van der Waals surface area contributed by atoms with Gasteiger partial charge in [0.05, 0.1) is 0 Å². The smallest absolute Gasteiger partial charge is 0.274 e. The van der Waals surface area contributed by atoms with Crippen LogP contribution in [0.4, 0.5) is 0 Å². The van der Waals surface area contributed by atoms with Gasteiger partial charge in [0, 0.05) is 51.8 Å². The number of carbonyl (C=O) groups excluding carboxylic acids is 3. The van der Waals surface area contributed by atoms with E-state index in [-0.39, 0.29) is 35.8 Å². The summed E-state index contributed by atoms with van der Waals surface area (Å²) in [5.41, 5.74) is 1.77. The maximum absolute atomic E-state index is 13.3. The van der Waals surface area contributed by atoms with Crippen LogP contribution in [0.25, 0.3) is 0 Å². The molecular formula is C25H35N5O3. The van der Waals surface area contributed by atoms with Crippen molar-refractivity contribution < 1.29 is 14.4 Å². The zero-order valence-electron chi connectivity index (χ0n) is 19.9. The highest BCUT2D eigenvalue weighted by atomic mass is 16.2. The Balaban J connectivity index is 1.74. The molecule has 1 aliphatic heterocycles.